The standard InChI is InChI=1S/C18H19F2N3O2/c1-11-3-6-16(25-11)17-12(9-22-23-17)8-21-10-18(2,24)14-5-4-13(19)7-15(14)20/h3-7,9,21,24H,8,10H2,1-2H3,(H,22,23). The summed E-state index contributed by atoms with van der Waals surface area (Å²) in [5.41, 5.74) is 0.150. The largest absolute Gasteiger partial charge is 0.460 e. The summed E-state index contributed by atoms with van der Waals surface area (Å²) in [6, 6.07) is 6.84. The number of hydrogen-bond acceptors (Lipinski definition) is 4. The van der Waals surface area contributed by atoms with Gasteiger partial charge in [0.2, 0.25) is 0 Å². The number of nitrogens with one attached hydrogen (secondary N) is 2. The van der Waals surface area contributed by atoms with Crippen molar-refractivity contribution >= 4 is 0 Å². The maximum Gasteiger partial charge on any atom is 0.152 e. The molecule has 25 heavy (non-hydrogen) atoms. The number of furan rings is 1. The van der Waals surface area contributed by atoms with Crippen molar-refractivity contribution in [2.45, 2.75) is 26.0 Å². The Bertz CT molecular complexity index is 871. The van der Waals surface area contributed by atoms with E-state index in [-0.39, 0.29) is 12.1 Å². The molecule has 132 valence electrons. The van der Waals surface area contributed by atoms with Crippen LogP contribution in [0.1, 0.15) is 23.8 Å². The Labute approximate surface area is 143 Å². The Morgan fingerprint density at radius 2 is 2.08 bits per heavy atom. The minimum atomic E-state index is -1.48. The van der Waals surface area contributed by atoms with Crippen LogP contribution >= 0.6 is 0 Å². The molecule has 0 saturated heterocycles. The normalized spacial score (nSPS) is 13.8. The molecule has 0 amide bonds. The van der Waals surface area contributed by atoms with Gasteiger partial charge in [-0.15, -0.1) is 0 Å². The van der Waals surface area contributed by atoms with Crippen LogP contribution in [0.4, 0.5) is 8.78 Å². The quantitative estimate of drug-likeness (QED) is 0.640. The summed E-state index contributed by atoms with van der Waals surface area (Å²) in [5.74, 6) is 0.00465. The van der Waals surface area contributed by atoms with Crippen molar-refractivity contribution in [2.24, 2.45) is 0 Å². The zero-order chi connectivity index (χ0) is 18.0. The number of aromatic nitrogens is 2. The number of benzene rings is 1. The number of hydrogen-bond donors (Lipinski definition) is 3. The van der Waals surface area contributed by atoms with E-state index in [1.807, 2.05) is 19.1 Å². The van der Waals surface area contributed by atoms with Gasteiger partial charge < -0.3 is 14.8 Å². The highest BCUT2D eigenvalue weighted by Gasteiger charge is 2.26. The van der Waals surface area contributed by atoms with Gasteiger partial charge in [0.05, 0.1) is 6.20 Å². The molecule has 0 saturated carbocycles. The van der Waals surface area contributed by atoms with Crippen molar-refractivity contribution in [3.63, 3.8) is 0 Å². The Morgan fingerprint density at radius 1 is 1.28 bits per heavy atom. The molecule has 2 heterocycles. The SMILES string of the molecule is Cc1ccc(-c2[nH]ncc2CNCC(C)(O)c2ccc(F)cc2F)o1. The molecular formula is C18H19F2N3O2. The second-order valence-electron chi connectivity index (χ2n) is 6.18. The molecule has 0 spiro atoms. The van der Waals surface area contributed by atoms with E-state index in [0.717, 1.165) is 29.2 Å². The van der Waals surface area contributed by atoms with Gasteiger partial charge in [0.15, 0.2) is 5.76 Å². The molecule has 1 atom stereocenters. The lowest BCUT2D eigenvalue weighted by Crippen LogP contribution is -2.36. The van der Waals surface area contributed by atoms with Crippen molar-refractivity contribution < 1.29 is 18.3 Å². The highest BCUT2D eigenvalue weighted by Crippen LogP contribution is 2.25. The molecule has 1 unspecified atom stereocenters. The molecule has 1 aromatic carbocycles. The zero-order valence-electron chi connectivity index (χ0n) is 13.9. The lowest BCUT2D eigenvalue weighted by Gasteiger charge is -2.24. The van der Waals surface area contributed by atoms with E-state index in [1.165, 1.54) is 13.0 Å². The molecule has 7 heteroatoms. The van der Waals surface area contributed by atoms with Gasteiger partial charge in [0, 0.05) is 30.3 Å². The third-order valence-corrected chi connectivity index (χ3v) is 4.00. The van der Waals surface area contributed by atoms with Crippen molar-refractivity contribution in [3.05, 3.63) is 65.1 Å². The fraction of sp³-hybridized carbons (Fsp3) is 0.278. The van der Waals surface area contributed by atoms with Gasteiger partial charge >= 0.3 is 0 Å². The highest BCUT2D eigenvalue weighted by atomic mass is 19.1. The Morgan fingerprint density at radius 3 is 2.76 bits per heavy atom. The van der Waals surface area contributed by atoms with Gasteiger partial charge in [-0.1, -0.05) is 6.07 Å². The number of aromatic amines is 1. The van der Waals surface area contributed by atoms with Gasteiger partial charge in [-0.05, 0) is 32.0 Å². The molecule has 0 bridgehead atoms. The predicted molar refractivity (Wildman–Crippen MR) is 88.7 cm³/mol. The molecule has 5 nitrogen and oxygen atoms in total. The second-order valence-corrected chi connectivity index (χ2v) is 6.18. The van der Waals surface area contributed by atoms with Gasteiger partial charge in [0.1, 0.15) is 28.7 Å². The van der Waals surface area contributed by atoms with Gasteiger partial charge in [-0.2, -0.15) is 5.10 Å². The first kappa shape index (κ1) is 17.3. The van der Waals surface area contributed by atoms with Crippen LogP contribution in [0, 0.1) is 18.6 Å². The smallest absolute Gasteiger partial charge is 0.152 e. The number of halogens is 2. The van der Waals surface area contributed by atoms with Crippen molar-refractivity contribution in [1.82, 2.24) is 15.5 Å². The van der Waals surface area contributed by atoms with Crippen LogP contribution in [0.5, 0.6) is 0 Å². The predicted octanol–water partition coefficient (Wildman–Crippen LogP) is 3.25. The van der Waals surface area contributed by atoms with E-state index in [9.17, 15) is 13.9 Å². The van der Waals surface area contributed by atoms with Crippen LogP contribution in [0.2, 0.25) is 0 Å². The summed E-state index contributed by atoms with van der Waals surface area (Å²) in [6.07, 6.45) is 1.66. The number of nitrogens with zero attached hydrogens (tertiary/aromatic N) is 1. The molecular weight excluding hydrogens is 328 g/mol. The molecule has 3 rings (SSSR count). The fourth-order valence-corrected chi connectivity index (χ4v) is 2.69. The third kappa shape index (κ3) is 3.78. The number of aliphatic hydroxyl groups is 1. The maximum atomic E-state index is 13.9. The summed E-state index contributed by atoms with van der Waals surface area (Å²) in [7, 11) is 0. The Hall–Kier alpha value is -2.51. The molecule has 2 aromatic heterocycles. The van der Waals surface area contributed by atoms with Gasteiger partial charge in [0.25, 0.3) is 0 Å². The van der Waals surface area contributed by atoms with Crippen molar-refractivity contribution in [2.75, 3.05) is 6.54 Å². The summed E-state index contributed by atoms with van der Waals surface area (Å²) in [6.45, 7) is 3.80. The molecule has 0 fully saturated rings. The van der Waals surface area contributed by atoms with Crippen molar-refractivity contribution in [3.8, 4) is 11.5 Å². The van der Waals surface area contributed by atoms with Crippen LogP contribution in [0.25, 0.3) is 11.5 Å². The summed E-state index contributed by atoms with van der Waals surface area (Å²) >= 11 is 0. The van der Waals surface area contributed by atoms with Crippen molar-refractivity contribution in [1.29, 1.82) is 0 Å². The topological polar surface area (TPSA) is 74.1 Å². The van der Waals surface area contributed by atoms with E-state index in [0.29, 0.717) is 12.3 Å². The van der Waals surface area contributed by atoms with E-state index in [4.69, 9.17) is 4.42 Å². The molecule has 3 N–H and O–H groups in total. The molecule has 0 aliphatic carbocycles. The molecule has 0 aliphatic rings. The van der Waals surface area contributed by atoms with E-state index < -0.39 is 17.2 Å². The number of aryl methyl sites for hydroxylation is 1. The highest BCUT2D eigenvalue weighted by molar-refractivity contribution is 5.56. The lowest BCUT2D eigenvalue weighted by atomic mass is 9.95. The van der Waals surface area contributed by atoms with Crippen LogP contribution in [-0.2, 0) is 12.1 Å². The molecule has 3 aromatic rings. The van der Waals surface area contributed by atoms with Crippen LogP contribution in [0.15, 0.2) is 40.9 Å². The minimum absolute atomic E-state index is 0.0375. The first-order chi connectivity index (χ1) is 11.9. The van der Waals surface area contributed by atoms with E-state index in [1.54, 1.807) is 6.20 Å². The minimum Gasteiger partial charge on any atom is -0.460 e. The van der Waals surface area contributed by atoms with Crippen LogP contribution in [-0.4, -0.2) is 21.8 Å². The zero-order valence-corrected chi connectivity index (χ0v) is 13.9. The van der Waals surface area contributed by atoms with Gasteiger partial charge in [-0.25, -0.2) is 8.78 Å². The van der Waals surface area contributed by atoms with Crippen LogP contribution < -0.4 is 5.32 Å². The van der Waals surface area contributed by atoms with E-state index >= 15 is 0 Å². The maximum absolute atomic E-state index is 13.9. The third-order valence-electron chi connectivity index (χ3n) is 4.00. The average molecular weight is 347 g/mol. The monoisotopic (exact) mass is 347 g/mol. The summed E-state index contributed by atoms with van der Waals surface area (Å²) in [5, 5.41) is 20.5. The first-order valence-corrected chi connectivity index (χ1v) is 7.84. The Kier molecular flexibility index (Phi) is 4.69. The van der Waals surface area contributed by atoms with Crippen LogP contribution in [0.3, 0.4) is 0 Å². The van der Waals surface area contributed by atoms with E-state index in [2.05, 4.69) is 15.5 Å². The summed E-state index contributed by atoms with van der Waals surface area (Å²) < 4.78 is 32.5. The lowest BCUT2D eigenvalue weighted by molar-refractivity contribution is 0.0528. The molecule has 0 aliphatic heterocycles. The Balaban J connectivity index is 1.68. The summed E-state index contributed by atoms with van der Waals surface area (Å²) in [4.78, 5) is 0. The first-order valence-electron chi connectivity index (χ1n) is 7.84. The average Bonchev–Trinajstić information content (AvgIpc) is 3.15. The fourth-order valence-electron chi connectivity index (χ4n) is 2.69. The molecule has 0 radical (unpaired) electrons. The van der Waals surface area contributed by atoms with Gasteiger partial charge in [-0.3, -0.25) is 5.10 Å². The number of H-pyrrole nitrogens is 1. The number of rotatable bonds is 6. The second kappa shape index (κ2) is 6.78.